The average molecular weight is 113 g/mol. The molecular weight excluding hydrogens is 102 g/mol. The van der Waals surface area contributed by atoms with Gasteiger partial charge >= 0.3 is 0 Å². The van der Waals surface area contributed by atoms with Gasteiger partial charge in [-0.25, -0.2) is 0 Å². The van der Waals surface area contributed by atoms with Crippen molar-refractivity contribution < 1.29 is 5.11 Å². The lowest BCUT2D eigenvalue weighted by molar-refractivity contribution is 0.217. The molecule has 0 aliphatic carbocycles. The summed E-state index contributed by atoms with van der Waals surface area (Å²) in [6, 6.07) is 0. The number of rotatable bonds is 0. The molecule has 0 unspecified atom stereocenters. The van der Waals surface area contributed by atoms with Crippen molar-refractivity contribution >= 4 is 0 Å². The summed E-state index contributed by atoms with van der Waals surface area (Å²) in [5.41, 5.74) is 0. The minimum atomic E-state index is 0.427. The number of hydrogen-bond donors (Lipinski definition) is 1. The number of hydrogen-bond acceptors (Lipinski definition) is 2. The second kappa shape index (κ2) is 2.07. The van der Waals surface area contributed by atoms with Crippen LogP contribution in [0.4, 0.5) is 0 Å². The van der Waals surface area contributed by atoms with Gasteiger partial charge in [0.05, 0.1) is 0 Å². The van der Waals surface area contributed by atoms with Crippen LogP contribution in [-0.4, -0.2) is 23.6 Å². The molecule has 0 aromatic carbocycles. The van der Waals surface area contributed by atoms with E-state index in [4.69, 9.17) is 5.11 Å². The molecule has 1 rings (SSSR count). The monoisotopic (exact) mass is 113 g/mol. The third-order valence-electron chi connectivity index (χ3n) is 1.42. The molecule has 46 valence electrons. The van der Waals surface area contributed by atoms with Crippen LogP contribution in [0.25, 0.3) is 0 Å². The minimum Gasteiger partial charge on any atom is -0.495 e. The van der Waals surface area contributed by atoms with Gasteiger partial charge in [0.25, 0.3) is 0 Å². The largest absolute Gasteiger partial charge is 0.495 e. The van der Waals surface area contributed by atoms with Crippen LogP contribution in [0.15, 0.2) is 12.0 Å². The minimum absolute atomic E-state index is 0.427. The van der Waals surface area contributed by atoms with Crippen LogP contribution < -0.4 is 0 Å². The van der Waals surface area contributed by atoms with Crippen molar-refractivity contribution in [2.45, 2.75) is 12.8 Å². The van der Waals surface area contributed by atoms with Crippen molar-refractivity contribution in [3.05, 3.63) is 12.0 Å². The molecule has 0 fully saturated rings. The van der Waals surface area contributed by atoms with Gasteiger partial charge < -0.3 is 10.0 Å². The molecule has 1 N–H and O–H groups in total. The number of aliphatic hydroxyl groups is 1. The van der Waals surface area contributed by atoms with E-state index >= 15 is 0 Å². The standard InChI is InChI=1S/C6H11NO/c1-7-5-3-2-4-6(7)8/h4,8H,2-3,5H2,1H3. The van der Waals surface area contributed by atoms with Crippen LogP contribution in [0.1, 0.15) is 12.8 Å². The summed E-state index contributed by atoms with van der Waals surface area (Å²) in [6.07, 6.45) is 4.04. The Morgan fingerprint density at radius 3 is 2.88 bits per heavy atom. The first-order valence-electron chi connectivity index (χ1n) is 2.91. The Balaban J connectivity index is 2.53. The fraction of sp³-hybridized carbons (Fsp3) is 0.667. The number of nitrogens with zero attached hydrogens (tertiary/aromatic N) is 1. The molecular formula is C6H11NO. The summed E-state index contributed by atoms with van der Waals surface area (Å²) in [4.78, 5) is 1.85. The fourth-order valence-electron chi connectivity index (χ4n) is 0.830. The van der Waals surface area contributed by atoms with Crippen LogP contribution >= 0.6 is 0 Å². The van der Waals surface area contributed by atoms with E-state index in [1.807, 2.05) is 18.0 Å². The quantitative estimate of drug-likeness (QED) is 0.508. The van der Waals surface area contributed by atoms with Gasteiger partial charge in [-0.3, -0.25) is 0 Å². The summed E-state index contributed by atoms with van der Waals surface area (Å²) in [5.74, 6) is 0.427. The first-order valence-corrected chi connectivity index (χ1v) is 2.91. The lowest BCUT2D eigenvalue weighted by Crippen LogP contribution is -2.21. The summed E-state index contributed by atoms with van der Waals surface area (Å²) < 4.78 is 0. The molecule has 0 saturated heterocycles. The molecule has 0 bridgehead atoms. The van der Waals surface area contributed by atoms with E-state index in [-0.39, 0.29) is 0 Å². The van der Waals surface area contributed by atoms with E-state index in [0.717, 1.165) is 13.0 Å². The normalized spacial score (nSPS) is 20.6. The Kier molecular flexibility index (Phi) is 1.42. The molecule has 8 heavy (non-hydrogen) atoms. The first-order chi connectivity index (χ1) is 3.80. The Hall–Kier alpha value is -0.660. The maximum absolute atomic E-state index is 8.96. The maximum atomic E-state index is 8.96. The summed E-state index contributed by atoms with van der Waals surface area (Å²) >= 11 is 0. The Morgan fingerprint density at radius 1 is 1.75 bits per heavy atom. The van der Waals surface area contributed by atoms with Crippen LogP contribution in [0.5, 0.6) is 0 Å². The predicted molar refractivity (Wildman–Crippen MR) is 32.6 cm³/mol. The highest BCUT2D eigenvalue weighted by atomic mass is 16.3. The third kappa shape index (κ3) is 0.941. The highest BCUT2D eigenvalue weighted by molar-refractivity contribution is 4.93. The van der Waals surface area contributed by atoms with Crippen molar-refractivity contribution in [2.75, 3.05) is 13.6 Å². The molecule has 2 nitrogen and oxygen atoms in total. The van der Waals surface area contributed by atoms with E-state index in [0.29, 0.717) is 5.88 Å². The van der Waals surface area contributed by atoms with E-state index in [9.17, 15) is 0 Å². The van der Waals surface area contributed by atoms with Crippen LogP contribution in [0, 0.1) is 0 Å². The molecule has 0 amide bonds. The van der Waals surface area contributed by atoms with Crippen molar-refractivity contribution in [1.82, 2.24) is 4.90 Å². The van der Waals surface area contributed by atoms with E-state index in [1.54, 1.807) is 0 Å². The van der Waals surface area contributed by atoms with Crippen molar-refractivity contribution in [2.24, 2.45) is 0 Å². The molecule has 0 atom stereocenters. The Bertz CT molecular complexity index is 109. The second-order valence-corrected chi connectivity index (χ2v) is 2.13. The van der Waals surface area contributed by atoms with Crippen molar-refractivity contribution in [1.29, 1.82) is 0 Å². The van der Waals surface area contributed by atoms with Crippen molar-refractivity contribution in [3.63, 3.8) is 0 Å². The van der Waals surface area contributed by atoms with E-state index in [2.05, 4.69) is 0 Å². The molecule has 2 heteroatoms. The lowest BCUT2D eigenvalue weighted by atomic mass is 10.2. The number of aliphatic hydroxyl groups excluding tert-OH is 1. The molecule has 0 radical (unpaired) electrons. The highest BCUT2D eigenvalue weighted by Gasteiger charge is 2.04. The van der Waals surface area contributed by atoms with Gasteiger partial charge in [0.2, 0.25) is 0 Å². The molecule has 1 aliphatic heterocycles. The van der Waals surface area contributed by atoms with Gasteiger partial charge in [0, 0.05) is 13.6 Å². The summed E-state index contributed by atoms with van der Waals surface area (Å²) in [7, 11) is 1.89. The molecule has 0 aromatic heterocycles. The van der Waals surface area contributed by atoms with Gasteiger partial charge in [-0.15, -0.1) is 0 Å². The molecule has 0 saturated carbocycles. The Morgan fingerprint density at radius 2 is 2.50 bits per heavy atom. The fourth-order valence-corrected chi connectivity index (χ4v) is 0.830. The summed E-state index contributed by atoms with van der Waals surface area (Å²) in [6.45, 7) is 0.988. The molecule has 0 aromatic rings. The van der Waals surface area contributed by atoms with Crippen molar-refractivity contribution in [3.8, 4) is 0 Å². The zero-order chi connectivity index (χ0) is 5.98. The van der Waals surface area contributed by atoms with E-state index < -0.39 is 0 Å². The molecule has 1 heterocycles. The predicted octanol–water partition coefficient (Wildman–Crippen LogP) is 1.11. The number of allylic oxidation sites excluding steroid dienone is 1. The third-order valence-corrected chi connectivity index (χ3v) is 1.42. The SMILES string of the molecule is CN1CCCC=C1O. The highest BCUT2D eigenvalue weighted by Crippen LogP contribution is 2.08. The maximum Gasteiger partial charge on any atom is 0.182 e. The van der Waals surface area contributed by atoms with Gasteiger partial charge in [0.1, 0.15) is 0 Å². The zero-order valence-corrected chi connectivity index (χ0v) is 5.09. The van der Waals surface area contributed by atoms with Crippen LogP contribution in [-0.2, 0) is 0 Å². The Labute approximate surface area is 49.4 Å². The topological polar surface area (TPSA) is 23.5 Å². The average Bonchev–Trinajstić information content (AvgIpc) is 1.77. The van der Waals surface area contributed by atoms with Gasteiger partial charge in [-0.1, -0.05) is 0 Å². The smallest absolute Gasteiger partial charge is 0.182 e. The molecule has 0 spiro atoms. The van der Waals surface area contributed by atoms with E-state index in [1.165, 1.54) is 6.42 Å². The van der Waals surface area contributed by atoms with Gasteiger partial charge in [-0.05, 0) is 18.9 Å². The first kappa shape index (κ1) is 5.48. The van der Waals surface area contributed by atoms with Crippen LogP contribution in [0.2, 0.25) is 0 Å². The summed E-state index contributed by atoms with van der Waals surface area (Å²) in [5, 5.41) is 8.96. The molecule has 1 aliphatic rings. The van der Waals surface area contributed by atoms with Crippen LogP contribution in [0.3, 0.4) is 0 Å². The zero-order valence-electron chi connectivity index (χ0n) is 5.09. The lowest BCUT2D eigenvalue weighted by Gasteiger charge is -2.20. The van der Waals surface area contributed by atoms with Gasteiger partial charge in [0.15, 0.2) is 5.88 Å². The van der Waals surface area contributed by atoms with Gasteiger partial charge in [-0.2, -0.15) is 0 Å². The second-order valence-electron chi connectivity index (χ2n) is 2.13.